The van der Waals surface area contributed by atoms with Gasteiger partial charge in [0, 0.05) is 24.2 Å². The molecule has 32 heavy (non-hydrogen) atoms. The van der Waals surface area contributed by atoms with Crippen LogP contribution in [0.25, 0.3) is 11.1 Å². The Morgan fingerprint density at radius 1 is 1.03 bits per heavy atom. The smallest absolute Gasteiger partial charge is 0.255 e. The van der Waals surface area contributed by atoms with E-state index in [1.54, 1.807) is 24.3 Å². The maximum Gasteiger partial charge on any atom is 0.255 e. The topological polar surface area (TPSA) is 104 Å². The molecule has 1 amide bonds. The minimum absolute atomic E-state index is 0.0764. The Kier molecular flexibility index (Phi) is 6.66. The van der Waals surface area contributed by atoms with Crippen LogP contribution in [-0.2, 0) is 6.54 Å². The molecule has 1 heterocycles. The number of rotatable bonds is 7. The number of aliphatic hydroxyl groups excluding tert-OH is 1. The molecule has 0 atom stereocenters. The fourth-order valence-corrected chi connectivity index (χ4v) is 3.51. The van der Waals surface area contributed by atoms with Crippen molar-refractivity contribution in [3.8, 4) is 28.7 Å². The van der Waals surface area contributed by atoms with E-state index < -0.39 is 0 Å². The first-order valence-corrected chi connectivity index (χ1v) is 10.3. The van der Waals surface area contributed by atoms with Crippen molar-refractivity contribution < 1.29 is 19.4 Å². The molecule has 0 spiro atoms. The number of amides is 1. The summed E-state index contributed by atoms with van der Waals surface area (Å²) in [6, 6.07) is 20.3. The molecule has 0 aliphatic carbocycles. The Balaban J connectivity index is 1.55. The van der Waals surface area contributed by atoms with Gasteiger partial charge in [-0.2, -0.15) is 5.26 Å². The number of nitrogens with zero attached hydrogens (tertiary/aromatic N) is 1. The van der Waals surface area contributed by atoms with E-state index in [1.807, 2.05) is 36.4 Å². The molecule has 7 heteroatoms. The number of ether oxygens (including phenoxy) is 2. The van der Waals surface area contributed by atoms with Gasteiger partial charge < -0.3 is 25.2 Å². The number of aliphatic hydroxyl groups is 1. The van der Waals surface area contributed by atoms with Crippen LogP contribution in [0.4, 0.5) is 5.69 Å². The average molecular weight is 429 g/mol. The highest BCUT2D eigenvalue weighted by molar-refractivity contribution is 6.05. The van der Waals surface area contributed by atoms with Gasteiger partial charge in [-0.05, 0) is 41.5 Å². The molecule has 3 aromatic carbocycles. The highest BCUT2D eigenvalue weighted by Crippen LogP contribution is 2.37. The molecule has 0 radical (unpaired) electrons. The van der Waals surface area contributed by atoms with Crippen LogP contribution in [0.1, 0.15) is 21.5 Å². The molecule has 0 bridgehead atoms. The number of nitriles is 1. The predicted octanol–water partition coefficient (Wildman–Crippen LogP) is 3.33. The van der Waals surface area contributed by atoms with Gasteiger partial charge in [0.25, 0.3) is 5.91 Å². The van der Waals surface area contributed by atoms with E-state index in [1.165, 1.54) is 0 Å². The van der Waals surface area contributed by atoms with Gasteiger partial charge in [-0.3, -0.25) is 4.79 Å². The summed E-state index contributed by atoms with van der Waals surface area (Å²) in [7, 11) is 0. The monoisotopic (exact) mass is 429 g/mol. The summed E-state index contributed by atoms with van der Waals surface area (Å²) in [4.78, 5) is 12.8. The highest BCUT2D eigenvalue weighted by Gasteiger charge is 2.17. The van der Waals surface area contributed by atoms with Crippen LogP contribution < -0.4 is 20.1 Å². The Morgan fingerprint density at radius 2 is 1.81 bits per heavy atom. The maximum atomic E-state index is 12.8. The van der Waals surface area contributed by atoms with E-state index in [4.69, 9.17) is 14.6 Å². The largest absolute Gasteiger partial charge is 0.486 e. The zero-order valence-corrected chi connectivity index (χ0v) is 17.4. The second-order valence-corrected chi connectivity index (χ2v) is 7.25. The molecule has 3 aromatic rings. The van der Waals surface area contributed by atoms with Crippen LogP contribution >= 0.6 is 0 Å². The number of carbonyl (C=O) groups excluding carboxylic acids is 1. The normalized spacial score (nSPS) is 12.1. The van der Waals surface area contributed by atoms with Crippen molar-refractivity contribution in [1.82, 2.24) is 5.32 Å². The second-order valence-electron chi connectivity index (χ2n) is 7.25. The summed E-state index contributed by atoms with van der Waals surface area (Å²) in [6.07, 6.45) is 0. The number of fused-ring (bicyclic) bond motifs is 1. The van der Waals surface area contributed by atoms with E-state index in [9.17, 15) is 10.1 Å². The molecular weight excluding hydrogens is 406 g/mol. The third-order valence-corrected chi connectivity index (χ3v) is 5.11. The number of hydrogen-bond donors (Lipinski definition) is 3. The minimum atomic E-state index is -0.296. The summed E-state index contributed by atoms with van der Waals surface area (Å²) in [5, 5.41) is 24.6. The third-order valence-electron chi connectivity index (χ3n) is 5.11. The van der Waals surface area contributed by atoms with E-state index in [2.05, 4.69) is 16.7 Å². The Labute approximate surface area is 186 Å². The minimum Gasteiger partial charge on any atom is -0.486 e. The quantitative estimate of drug-likeness (QED) is 0.498. The number of hydrogen-bond acceptors (Lipinski definition) is 6. The fraction of sp³-hybridized carbons (Fsp3) is 0.200. The first kappa shape index (κ1) is 21.4. The summed E-state index contributed by atoms with van der Waals surface area (Å²) in [5.41, 5.74) is 3.83. The molecule has 162 valence electrons. The van der Waals surface area contributed by atoms with Gasteiger partial charge in [0.15, 0.2) is 11.5 Å². The lowest BCUT2D eigenvalue weighted by molar-refractivity contribution is 0.102. The molecule has 7 nitrogen and oxygen atoms in total. The Hall–Kier alpha value is -3.86. The van der Waals surface area contributed by atoms with E-state index >= 15 is 0 Å². The van der Waals surface area contributed by atoms with Crippen molar-refractivity contribution in [1.29, 1.82) is 5.26 Å². The van der Waals surface area contributed by atoms with Crippen molar-refractivity contribution in [3.63, 3.8) is 0 Å². The van der Waals surface area contributed by atoms with Crippen LogP contribution in [0.5, 0.6) is 11.5 Å². The van der Waals surface area contributed by atoms with E-state index in [0.29, 0.717) is 60.2 Å². The Bertz CT molecular complexity index is 1150. The number of nitrogens with one attached hydrogen (secondary N) is 2. The van der Waals surface area contributed by atoms with Crippen LogP contribution in [0, 0.1) is 11.3 Å². The van der Waals surface area contributed by atoms with Gasteiger partial charge in [0.2, 0.25) is 0 Å². The second kappa shape index (κ2) is 9.96. The zero-order chi connectivity index (χ0) is 22.3. The van der Waals surface area contributed by atoms with Gasteiger partial charge in [0.05, 0.1) is 17.9 Å². The number of carbonyl (C=O) groups is 1. The summed E-state index contributed by atoms with van der Waals surface area (Å²) in [6.45, 7) is 2.19. The van der Waals surface area contributed by atoms with Crippen LogP contribution in [0.2, 0.25) is 0 Å². The van der Waals surface area contributed by atoms with Crippen LogP contribution in [-0.4, -0.2) is 37.4 Å². The molecule has 0 saturated heterocycles. The SMILES string of the molecule is N#Cc1c(NC(=O)c2ccc(CNCCO)cc2)cccc1-c1ccc2c(c1)OCCO2. The van der Waals surface area contributed by atoms with Crippen molar-refractivity contribution in [2.45, 2.75) is 6.54 Å². The lowest BCUT2D eigenvalue weighted by Gasteiger charge is -2.19. The summed E-state index contributed by atoms with van der Waals surface area (Å²) >= 11 is 0. The summed E-state index contributed by atoms with van der Waals surface area (Å²) < 4.78 is 11.2. The van der Waals surface area contributed by atoms with Crippen molar-refractivity contribution in [3.05, 3.63) is 77.4 Å². The van der Waals surface area contributed by atoms with E-state index in [0.717, 1.165) is 11.1 Å². The molecule has 4 rings (SSSR count). The molecule has 0 aromatic heterocycles. The molecular formula is C25H23N3O4. The molecule has 1 aliphatic heterocycles. The molecule has 0 fully saturated rings. The first-order valence-electron chi connectivity index (χ1n) is 10.3. The zero-order valence-electron chi connectivity index (χ0n) is 17.4. The standard InChI is InChI=1S/C25H23N3O4/c26-15-21-20(19-8-9-23-24(14-19)32-13-12-31-23)2-1-3-22(21)28-25(30)18-6-4-17(5-7-18)16-27-10-11-29/h1-9,14,27,29H,10-13,16H2,(H,28,30). The van der Waals surface area contributed by atoms with Gasteiger partial charge in [-0.15, -0.1) is 0 Å². The van der Waals surface area contributed by atoms with Gasteiger partial charge in [-0.25, -0.2) is 0 Å². The Morgan fingerprint density at radius 3 is 2.56 bits per heavy atom. The molecule has 0 unspecified atom stereocenters. The van der Waals surface area contributed by atoms with E-state index in [-0.39, 0.29) is 12.5 Å². The van der Waals surface area contributed by atoms with Gasteiger partial charge >= 0.3 is 0 Å². The molecule has 1 aliphatic rings. The number of benzene rings is 3. The lowest BCUT2D eigenvalue weighted by Crippen LogP contribution is -2.17. The fourth-order valence-electron chi connectivity index (χ4n) is 3.51. The predicted molar refractivity (Wildman–Crippen MR) is 121 cm³/mol. The molecule has 0 saturated carbocycles. The average Bonchev–Trinajstić information content (AvgIpc) is 2.84. The van der Waals surface area contributed by atoms with Crippen LogP contribution in [0.15, 0.2) is 60.7 Å². The third kappa shape index (κ3) is 4.72. The first-order chi connectivity index (χ1) is 15.7. The van der Waals surface area contributed by atoms with Crippen molar-refractivity contribution >= 4 is 11.6 Å². The lowest BCUT2D eigenvalue weighted by atomic mass is 9.98. The summed E-state index contributed by atoms with van der Waals surface area (Å²) in [5.74, 6) is 1.02. The van der Waals surface area contributed by atoms with Crippen LogP contribution in [0.3, 0.4) is 0 Å². The van der Waals surface area contributed by atoms with Gasteiger partial charge in [0.1, 0.15) is 19.3 Å². The maximum absolute atomic E-state index is 12.8. The highest BCUT2D eigenvalue weighted by atomic mass is 16.6. The molecule has 3 N–H and O–H groups in total. The van der Waals surface area contributed by atoms with Gasteiger partial charge in [-0.1, -0.05) is 30.3 Å². The number of anilines is 1. The van der Waals surface area contributed by atoms with Crippen molar-refractivity contribution in [2.24, 2.45) is 0 Å². The van der Waals surface area contributed by atoms with Crippen molar-refractivity contribution in [2.75, 3.05) is 31.7 Å².